The number of benzene rings is 6. The van der Waals surface area contributed by atoms with Crippen LogP contribution >= 0.6 is 11.6 Å². The number of anilines is 3. The fourth-order valence-corrected chi connectivity index (χ4v) is 20.8. The maximum Gasteiger partial charge on any atom is 0.411 e. The second-order valence-corrected chi connectivity index (χ2v) is 37.9. The number of alkyl halides is 4. The van der Waals surface area contributed by atoms with E-state index in [0.717, 1.165) is 136 Å². The Morgan fingerprint density at radius 3 is 1.24 bits per heavy atom. The summed E-state index contributed by atoms with van der Waals surface area (Å²) in [5.74, 6) is -6.17. The van der Waals surface area contributed by atoms with Gasteiger partial charge in [0.1, 0.15) is 53.1 Å². The molecule has 3 aromatic heterocycles. The van der Waals surface area contributed by atoms with Crippen molar-refractivity contribution in [3.8, 4) is 44.9 Å². The highest BCUT2D eigenvalue weighted by atomic mass is 35.5. The molecule has 0 spiro atoms. The molecular weight excluding hydrogens is 1740 g/mol. The van der Waals surface area contributed by atoms with E-state index in [9.17, 15) is 70.4 Å². The van der Waals surface area contributed by atoms with E-state index < -0.39 is 104 Å². The third-order valence-electron chi connectivity index (χ3n) is 28.0. The van der Waals surface area contributed by atoms with E-state index >= 15 is 0 Å². The fourth-order valence-electron chi connectivity index (χ4n) is 20.6. The van der Waals surface area contributed by atoms with Gasteiger partial charge >= 0.3 is 36.2 Å². The fraction of sp³-hybridized carbons (Fsp3) is 0.451. The number of rotatable bonds is 23. The lowest BCUT2D eigenvalue weighted by atomic mass is 9.78. The Morgan fingerprint density at radius 2 is 0.820 bits per heavy atom. The maximum atomic E-state index is 14.3. The molecule has 18 rings (SSSR count). The van der Waals surface area contributed by atoms with Crippen molar-refractivity contribution in [1.82, 2.24) is 34.6 Å². The van der Waals surface area contributed by atoms with Crippen LogP contribution in [0.25, 0.3) is 33.4 Å². The Kier molecular flexibility index (Phi) is 27.4. The van der Waals surface area contributed by atoms with Gasteiger partial charge in [-0.3, -0.25) is 29.1 Å². The lowest BCUT2D eigenvalue weighted by Crippen LogP contribution is -2.57. The highest BCUT2D eigenvalue weighted by Crippen LogP contribution is 2.49. The summed E-state index contributed by atoms with van der Waals surface area (Å²) < 4.78 is 113. The molecule has 3 saturated carbocycles. The van der Waals surface area contributed by atoms with Crippen molar-refractivity contribution < 1.29 is 94.1 Å². The predicted molar refractivity (Wildman–Crippen MR) is 489 cm³/mol. The number of aromatic nitrogens is 4. The van der Waals surface area contributed by atoms with E-state index in [1.165, 1.54) is 39.0 Å². The summed E-state index contributed by atoms with van der Waals surface area (Å²) in [5.41, 5.74) is 16.2. The summed E-state index contributed by atoms with van der Waals surface area (Å²) >= 11 is 6.71. The number of carbonyl (C=O) groups is 6. The average molecular weight is 1850 g/mol. The number of cyclic esters (lactones) is 3. The molecule has 3 aliphatic carbocycles. The Bertz CT molecular complexity index is 5870. The zero-order chi connectivity index (χ0) is 94.5. The first-order valence-corrected chi connectivity index (χ1v) is 46.1. The van der Waals surface area contributed by atoms with Crippen molar-refractivity contribution in [2.24, 2.45) is 17.8 Å². The second kappa shape index (κ2) is 38.8. The van der Waals surface area contributed by atoms with E-state index in [4.69, 9.17) is 45.3 Å². The van der Waals surface area contributed by atoms with Crippen LogP contribution in [0.3, 0.4) is 0 Å². The highest BCUT2D eigenvalue weighted by Gasteiger charge is 2.49. The summed E-state index contributed by atoms with van der Waals surface area (Å²) in [6.45, 7) is 15.7. The summed E-state index contributed by atoms with van der Waals surface area (Å²) in [5, 5.41) is 28.8. The van der Waals surface area contributed by atoms with Crippen molar-refractivity contribution in [3.63, 3.8) is 0 Å². The Morgan fingerprint density at radius 1 is 0.429 bits per heavy atom. The van der Waals surface area contributed by atoms with E-state index in [2.05, 4.69) is 52.1 Å². The Labute approximate surface area is 773 Å². The van der Waals surface area contributed by atoms with Gasteiger partial charge < -0.3 is 53.7 Å². The summed E-state index contributed by atoms with van der Waals surface area (Å²) in [6, 6.07) is 37.8. The number of methoxy groups -OCH3 is 2. The molecule has 3 amide bonds. The molecule has 6 aliphatic heterocycles. The normalized spacial score (nSPS) is 24.1. The third-order valence-corrected chi connectivity index (χ3v) is 28.3. The Balaban J connectivity index is 0.000000145. The van der Waals surface area contributed by atoms with Gasteiger partial charge in [-0.05, 0) is 286 Å². The summed E-state index contributed by atoms with van der Waals surface area (Å²) in [7, 11) is 3.24. The molecule has 6 saturated heterocycles. The molecule has 6 atom stereocenters. The lowest BCUT2D eigenvalue weighted by molar-refractivity contribution is -0.143. The topological polar surface area (TPSA) is 280 Å². The number of hydrogen-bond donors (Lipinski definition) is 3. The zero-order valence-electron chi connectivity index (χ0n) is 76.1. The quantitative estimate of drug-likeness (QED) is 0.0396. The van der Waals surface area contributed by atoms with Crippen LogP contribution in [0.1, 0.15) is 219 Å². The van der Waals surface area contributed by atoms with E-state index in [1.807, 2.05) is 89.2 Å². The van der Waals surface area contributed by atoms with Gasteiger partial charge in [-0.1, -0.05) is 71.3 Å². The largest absolute Gasteiger partial charge is 0.496 e. The van der Waals surface area contributed by atoms with Crippen molar-refractivity contribution in [3.05, 3.63) is 229 Å². The molecule has 9 heterocycles. The van der Waals surface area contributed by atoms with Crippen LogP contribution in [0.15, 0.2) is 134 Å². The van der Waals surface area contributed by atoms with Gasteiger partial charge in [0.25, 0.3) is 11.8 Å². The number of pyridine rings is 2. The molecule has 0 unspecified atom stereocenters. The molecule has 31 heteroatoms. The zero-order valence-corrected chi connectivity index (χ0v) is 76.9. The highest BCUT2D eigenvalue weighted by molar-refractivity contribution is 6.33. The molecule has 3 N–H and O–H groups in total. The number of hydrogen-bond acceptors (Lipinski definition) is 18. The number of ether oxygens (including phenoxy) is 5. The number of aliphatic carboxylic acids is 3. The van der Waals surface area contributed by atoms with Crippen LogP contribution in [0.2, 0.25) is 5.02 Å². The van der Waals surface area contributed by atoms with Gasteiger partial charge in [-0.25, -0.2) is 60.7 Å². The number of carboxylic acids is 3. The lowest BCUT2D eigenvalue weighted by Gasteiger charge is -2.39. The molecule has 6 aromatic carbocycles. The second-order valence-electron chi connectivity index (χ2n) is 37.5. The first kappa shape index (κ1) is 94.0. The van der Waals surface area contributed by atoms with Gasteiger partial charge in [0.2, 0.25) is 5.95 Å². The van der Waals surface area contributed by atoms with Crippen molar-refractivity contribution >= 4 is 65.4 Å². The molecule has 702 valence electrons. The molecular formula is C102H111ClF6N10O14. The van der Waals surface area contributed by atoms with Crippen LogP contribution < -0.4 is 24.2 Å². The van der Waals surface area contributed by atoms with Crippen LogP contribution in [0, 0.1) is 64.0 Å². The number of carbonyl (C=O) groups excluding carboxylic acids is 3. The van der Waals surface area contributed by atoms with Crippen LogP contribution in [-0.2, 0) is 48.2 Å². The average Bonchev–Trinajstić information content (AvgIpc) is 1.76. The Hall–Kier alpha value is -12.2. The molecule has 0 bridgehead atoms. The smallest absolute Gasteiger partial charge is 0.411 e. The first-order valence-electron chi connectivity index (χ1n) is 45.7. The number of aryl methyl sites for hydroxylation is 5. The van der Waals surface area contributed by atoms with E-state index in [-0.39, 0.29) is 79.0 Å². The number of amides is 3. The van der Waals surface area contributed by atoms with Gasteiger partial charge in [0.05, 0.1) is 113 Å². The summed E-state index contributed by atoms with van der Waals surface area (Å²) in [6.07, 6.45) is 7.72. The molecule has 133 heavy (non-hydrogen) atoms. The first-order chi connectivity index (χ1) is 63.4. The van der Waals surface area contributed by atoms with Gasteiger partial charge in [-0.15, -0.1) is 0 Å². The maximum absolute atomic E-state index is 14.3. The molecule has 0 radical (unpaired) electrons. The van der Waals surface area contributed by atoms with Crippen molar-refractivity contribution in [2.75, 3.05) is 68.2 Å². The minimum atomic E-state index is -2.83. The van der Waals surface area contributed by atoms with E-state index in [0.29, 0.717) is 100 Å². The number of carboxylic acid groups (broad SMARTS) is 3. The van der Waals surface area contributed by atoms with Crippen LogP contribution in [0.5, 0.6) is 11.5 Å². The predicted octanol–water partition coefficient (Wildman–Crippen LogP) is 21.6. The molecule has 9 aliphatic rings. The van der Waals surface area contributed by atoms with Crippen LogP contribution in [0.4, 0.5) is 58.3 Å². The van der Waals surface area contributed by atoms with Gasteiger partial charge in [0, 0.05) is 57.7 Å². The van der Waals surface area contributed by atoms with E-state index in [1.54, 1.807) is 62.3 Å². The monoisotopic (exact) mass is 1850 g/mol. The SMILES string of the molecule is COc1ccc(C2CCC(C(=O)O)CC2)cc1-c1c(C)cc(N2CCC2)nc1CN1C(=O)O[C@H](c2cc(C)cc(F)c2)[C@@H]1C.COc1ccc(C2CCC(C(=O)O)CC2)cc1-c1ccc(N2CC(F)(F)C2)nc1CN1C(=O)O[C@H](c2cc(C)cc(C)c2)[C@@H]1C.Cc1cc(F)cc([C@H]2OC(=O)N(Cc3nc(N4CC(F)(F)C4)ncc3-c3cc(C4CCC(C(=O)O)CC4)ccc3Cl)[C@H]2C)c1. The van der Waals surface area contributed by atoms with Crippen molar-refractivity contribution in [1.29, 1.82) is 0 Å². The number of halogens is 7. The van der Waals surface area contributed by atoms with Crippen LogP contribution in [-0.4, -0.2) is 170 Å². The summed E-state index contributed by atoms with van der Waals surface area (Å²) in [4.78, 5) is 103. The number of nitrogens with zero attached hydrogens (tertiary/aromatic N) is 10. The van der Waals surface area contributed by atoms with Gasteiger partial charge in [0.15, 0.2) is 0 Å². The molecule has 9 aromatic rings. The molecule has 9 fully saturated rings. The van der Waals surface area contributed by atoms with Gasteiger partial charge in [-0.2, -0.15) is 0 Å². The molecule has 24 nitrogen and oxygen atoms in total. The standard InChI is InChI=1S/C35H39F2N3O5.C35H40FN3O5.C32H32ClF3N4O4/c1-20-13-21(2)15-26(14-20)32-22(3)40(34(43)45-32)17-29-27(10-12-31(38-29)39-18-35(36,37)19-39)28-16-25(9-11-30(28)44-4)23-5-7-24(8-6-23)33(41)42;1-20-14-26(17-27(36)15-20)33-22(3)39(35(42)44-33)19-29-32(21(2)16-31(37-29)38-12-5-13-38)28-18-25(10-11-30(28)43-4)23-6-8-24(9-7-23)34(40)41;1-17-9-22(11-23(34)10-17)28-18(2)40(31(43)44-28)14-27-25(13-37-30(38-27)39-15-32(35,36)16-39)24-12-21(7-8-26(24)33)19-3-5-20(6-4-19)29(41)42/h9-16,22-24,32H,5-8,17-19H2,1-4H3,(H,41,42);10-11,14-18,22-24,33H,5-9,12-13,19H2,1-4H3,(H,40,41);7-13,18-20,28H,3-6,14-16H2,1-2H3,(H,41,42)/t22-,23?,24?,32-;22-,23?,24?,33-;18-,19?,20?,28-/m000/s1. The minimum absolute atomic E-state index is 0.0237. The van der Waals surface area contributed by atoms with Crippen molar-refractivity contribution in [2.45, 2.75) is 225 Å². The third kappa shape index (κ3) is 20.5. The minimum Gasteiger partial charge on any atom is -0.496 e.